The Morgan fingerprint density at radius 2 is 1.06 bits per heavy atom. The summed E-state index contributed by atoms with van der Waals surface area (Å²) in [5, 5.41) is 21.7. The van der Waals surface area contributed by atoms with Gasteiger partial charge in [-0.2, -0.15) is 0 Å². The first kappa shape index (κ1) is 22.2. The molecule has 0 bridgehead atoms. The van der Waals surface area contributed by atoms with E-state index in [-0.39, 0.29) is 0 Å². The molecule has 0 heterocycles. The van der Waals surface area contributed by atoms with Gasteiger partial charge in [0, 0.05) is 5.92 Å². The standard InChI is InChI=1S/C29H40O2/c1-4-25(23-15-19(2)28(30)26(17-23)21-11-7-5-8-12-21)24-16-20(3)29(31)27(18-24)22-13-9-6-10-14-22/h15-18,21-22,25,30-31H,4-14H2,1-3H3. The molecule has 0 atom stereocenters. The van der Waals surface area contributed by atoms with Crippen molar-refractivity contribution in [2.75, 3.05) is 0 Å². The summed E-state index contributed by atoms with van der Waals surface area (Å²) in [5.74, 6) is 2.29. The molecular formula is C29H40O2. The molecule has 0 aliphatic heterocycles. The van der Waals surface area contributed by atoms with Crippen molar-refractivity contribution < 1.29 is 10.2 Å². The largest absolute Gasteiger partial charge is 0.507 e. The van der Waals surface area contributed by atoms with Crippen LogP contribution in [-0.4, -0.2) is 10.2 Å². The van der Waals surface area contributed by atoms with E-state index in [1.807, 2.05) is 13.8 Å². The molecule has 2 fully saturated rings. The van der Waals surface area contributed by atoms with Crippen LogP contribution in [0.15, 0.2) is 24.3 Å². The lowest BCUT2D eigenvalue weighted by atomic mass is 9.78. The maximum atomic E-state index is 10.9. The lowest BCUT2D eigenvalue weighted by Gasteiger charge is -2.27. The lowest BCUT2D eigenvalue weighted by molar-refractivity contribution is 0.411. The first-order valence-corrected chi connectivity index (χ1v) is 12.7. The summed E-state index contributed by atoms with van der Waals surface area (Å²) in [6.07, 6.45) is 13.5. The molecule has 168 valence electrons. The highest BCUT2D eigenvalue weighted by Gasteiger charge is 2.25. The third-order valence-corrected chi connectivity index (χ3v) is 8.01. The van der Waals surface area contributed by atoms with Crippen molar-refractivity contribution in [3.05, 3.63) is 57.6 Å². The Hall–Kier alpha value is -1.96. The van der Waals surface area contributed by atoms with Gasteiger partial charge in [0.2, 0.25) is 0 Å². The summed E-state index contributed by atoms with van der Waals surface area (Å²) in [5.41, 5.74) is 6.96. The van der Waals surface area contributed by atoms with E-state index in [0.29, 0.717) is 29.3 Å². The highest BCUT2D eigenvalue weighted by atomic mass is 16.3. The smallest absolute Gasteiger partial charge is 0.121 e. The van der Waals surface area contributed by atoms with Crippen molar-refractivity contribution in [2.45, 2.75) is 109 Å². The van der Waals surface area contributed by atoms with E-state index in [2.05, 4.69) is 31.2 Å². The molecule has 31 heavy (non-hydrogen) atoms. The van der Waals surface area contributed by atoms with Crippen LogP contribution in [-0.2, 0) is 0 Å². The molecular weight excluding hydrogens is 380 g/mol. The van der Waals surface area contributed by atoms with Gasteiger partial charge in [0.15, 0.2) is 0 Å². The van der Waals surface area contributed by atoms with Gasteiger partial charge >= 0.3 is 0 Å². The predicted molar refractivity (Wildman–Crippen MR) is 129 cm³/mol. The van der Waals surface area contributed by atoms with Crippen LogP contribution in [0.1, 0.15) is 129 Å². The Morgan fingerprint density at radius 3 is 1.42 bits per heavy atom. The summed E-state index contributed by atoms with van der Waals surface area (Å²) < 4.78 is 0. The van der Waals surface area contributed by atoms with E-state index >= 15 is 0 Å². The number of benzene rings is 2. The number of hydrogen-bond acceptors (Lipinski definition) is 2. The van der Waals surface area contributed by atoms with Gasteiger partial charge < -0.3 is 10.2 Å². The molecule has 2 aromatic carbocycles. The second-order valence-electron chi connectivity index (χ2n) is 10.2. The molecule has 0 aromatic heterocycles. The quantitative estimate of drug-likeness (QED) is 0.510. The molecule has 2 nitrogen and oxygen atoms in total. The molecule has 2 N–H and O–H groups in total. The van der Waals surface area contributed by atoms with Crippen LogP contribution in [0.25, 0.3) is 0 Å². The summed E-state index contributed by atoms with van der Waals surface area (Å²) in [7, 11) is 0. The van der Waals surface area contributed by atoms with Gasteiger partial charge in [-0.25, -0.2) is 0 Å². The molecule has 0 unspecified atom stereocenters. The summed E-state index contributed by atoms with van der Waals surface area (Å²) in [6.45, 7) is 6.36. The number of phenolic OH excluding ortho intramolecular Hbond substituents is 2. The fourth-order valence-electron chi connectivity index (χ4n) is 6.19. The highest BCUT2D eigenvalue weighted by Crippen LogP contribution is 2.44. The Kier molecular flexibility index (Phi) is 6.94. The van der Waals surface area contributed by atoms with E-state index < -0.39 is 0 Å². The van der Waals surface area contributed by atoms with Crippen molar-refractivity contribution in [2.24, 2.45) is 0 Å². The third kappa shape index (κ3) is 4.64. The molecule has 0 spiro atoms. The molecule has 4 rings (SSSR count). The summed E-state index contributed by atoms with van der Waals surface area (Å²) >= 11 is 0. The van der Waals surface area contributed by atoms with E-state index in [9.17, 15) is 10.2 Å². The van der Waals surface area contributed by atoms with Gasteiger partial charge in [-0.1, -0.05) is 69.7 Å². The molecule has 2 saturated carbocycles. The first-order valence-electron chi connectivity index (χ1n) is 12.7. The minimum absolute atomic E-state index is 0.295. The topological polar surface area (TPSA) is 40.5 Å². The number of hydrogen-bond donors (Lipinski definition) is 2. The Bertz CT molecular complexity index is 828. The number of phenols is 2. The zero-order valence-electron chi connectivity index (χ0n) is 19.7. The number of aromatic hydroxyl groups is 2. The van der Waals surface area contributed by atoms with E-state index in [4.69, 9.17) is 0 Å². The van der Waals surface area contributed by atoms with E-state index in [1.165, 1.54) is 75.3 Å². The molecule has 2 aromatic rings. The Morgan fingerprint density at radius 1 is 0.677 bits per heavy atom. The summed E-state index contributed by atoms with van der Waals surface area (Å²) in [6, 6.07) is 8.99. The lowest BCUT2D eigenvalue weighted by Crippen LogP contribution is -2.10. The average Bonchev–Trinajstić information content (AvgIpc) is 2.80. The minimum Gasteiger partial charge on any atom is -0.507 e. The minimum atomic E-state index is 0.295. The second kappa shape index (κ2) is 9.67. The van der Waals surface area contributed by atoms with Crippen LogP contribution in [0.5, 0.6) is 11.5 Å². The second-order valence-corrected chi connectivity index (χ2v) is 10.2. The van der Waals surface area contributed by atoms with Crippen LogP contribution < -0.4 is 0 Å². The predicted octanol–water partition coefficient (Wildman–Crippen LogP) is 8.35. The van der Waals surface area contributed by atoms with Crippen LogP contribution in [0, 0.1) is 13.8 Å². The normalized spacial score (nSPS) is 18.6. The zero-order valence-corrected chi connectivity index (χ0v) is 19.7. The highest BCUT2D eigenvalue weighted by molar-refractivity contribution is 5.51. The Balaban J connectivity index is 1.73. The molecule has 0 amide bonds. The van der Waals surface area contributed by atoms with Crippen molar-refractivity contribution in [3.63, 3.8) is 0 Å². The maximum absolute atomic E-state index is 10.9. The summed E-state index contributed by atoms with van der Waals surface area (Å²) in [4.78, 5) is 0. The first-order chi connectivity index (χ1) is 15.0. The van der Waals surface area contributed by atoms with Crippen molar-refractivity contribution in [1.29, 1.82) is 0 Å². The van der Waals surface area contributed by atoms with Crippen molar-refractivity contribution >= 4 is 0 Å². The van der Waals surface area contributed by atoms with Crippen LogP contribution in [0.4, 0.5) is 0 Å². The average molecular weight is 421 g/mol. The number of aryl methyl sites for hydroxylation is 2. The third-order valence-electron chi connectivity index (χ3n) is 8.01. The zero-order chi connectivity index (χ0) is 22.0. The van der Waals surface area contributed by atoms with Gasteiger partial charge in [-0.05, 0) is 91.2 Å². The van der Waals surface area contributed by atoms with Crippen molar-refractivity contribution in [3.8, 4) is 11.5 Å². The fraction of sp³-hybridized carbons (Fsp3) is 0.586. The fourth-order valence-corrected chi connectivity index (χ4v) is 6.19. The molecule has 2 heteroatoms. The van der Waals surface area contributed by atoms with Crippen molar-refractivity contribution in [1.82, 2.24) is 0 Å². The van der Waals surface area contributed by atoms with E-state index in [0.717, 1.165) is 28.7 Å². The van der Waals surface area contributed by atoms with E-state index in [1.54, 1.807) is 0 Å². The molecule has 2 aliphatic carbocycles. The van der Waals surface area contributed by atoms with Gasteiger partial charge in [0.05, 0.1) is 0 Å². The van der Waals surface area contributed by atoms with Crippen LogP contribution in [0.3, 0.4) is 0 Å². The maximum Gasteiger partial charge on any atom is 0.121 e. The van der Waals surface area contributed by atoms with Gasteiger partial charge in [0.1, 0.15) is 11.5 Å². The SMILES string of the molecule is CCC(c1cc(C)c(O)c(C2CCCCC2)c1)c1cc(C)c(O)c(C2CCCCC2)c1. The van der Waals surface area contributed by atoms with Gasteiger partial charge in [-0.15, -0.1) is 0 Å². The van der Waals surface area contributed by atoms with Crippen LogP contribution >= 0.6 is 0 Å². The molecule has 0 saturated heterocycles. The molecule has 2 aliphatic rings. The molecule has 0 radical (unpaired) electrons. The monoisotopic (exact) mass is 420 g/mol. The van der Waals surface area contributed by atoms with Crippen LogP contribution in [0.2, 0.25) is 0 Å². The van der Waals surface area contributed by atoms with Gasteiger partial charge in [0.25, 0.3) is 0 Å². The number of rotatable bonds is 5. The van der Waals surface area contributed by atoms with Gasteiger partial charge in [-0.3, -0.25) is 0 Å². The Labute approximate surface area is 188 Å².